The Morgan fingerprint density at radius 3 is 2.42 bits per heavy atom. The molecule has 1 aliphatic rings. The molecule has 0 fully saturated rings. The van der Waals surface area contributed by atoms with Gasteiger partial charge in [0.1, 0.15) is 11.5 Å². The number of esters is 1. The largest absolute Gasteiger partial charge is 0.480 e. The normalized spacial score (nSPS) is 22.8. The zero-order valence-corrected chi connectivity index (χ0v) is 14.7. The highest BCUT2D eigenvalue weighted by molar-refractivity contribution is 5.97. The molecule has 0 saturated carbocycles. The molecule has 1 heterocycles. The van der Waals surface area contributed by atoms with E-state index in [9.17, 15) is 14.7 Å². The Kier molecular flexibility index (Phi) is 6.41. The van der Waals surface area contributed by atoms with Gasteiger partial charge in [-0.15, -0.1) is 0 Å². The smallest absolute Gasteiger partial charge is 0.338 e. The van der Waals surface area contributed by atoms with E-state index in [0.717, 1.165) is 19.3 Å². The summed E-state index contributed by atoms with van der Waals surface area (Å²) in [4.78, 5) is 24.2. The van der Waals surface area contributed by atoms with E-state index in [1.807, 2.05) is 0 Å². The number of rotatable bonds is 9. The maximum Gasteiger partial charge on any atom is 0.338 e. The quantitative estimate of drug-likeness (QED) is 0.525. The molecule has 1 N–H and O–H groups in total. The van der Waals surface area contributed by atoms with Gasteiger partial charge in [0.25, 0.3) is 0 Å². The van der Waals surface area contributed by atoms with E-state index in [0.29, 0.717) is 17.5 Å². The monoisotopic (exact) mass is 332 g/mol. The average Bonchev–Trinajstić information content (AvgIpc) is 2.58. The molecule has 2 rings (SSSR count). The van der Waals surface area contributed by atoms with Gasteiger partial charge < -0.3 is 9.84 Å². The molecule has 24 heavy (non-hydrogen) atoms. The molecule has 4 heteroatoms. The highest BCUT2D eigenvalue weighted by Crippen LogP contribution is 2.39. The lowest BCUT2D eigenvalue weighted by molar-refractivity contribution is -0.149. The first kappa shape index (κ1) is 18.5. The molecule has 0 saturated heterocycles. The summed E-state index contributed by atoms with van der Waals surface area (Å²) in [6.07, 6.45) is 8.06. The van der Waals surface area contributed by atoms with Crippen molar-refractivity contribution in [1.29, 1.82) is 0 Å². The van der Waals surface area contributed by atoms with Crippen LogP contribution in [0.4, 0.5) is 0 Å². The van der Waals surface area contributed by atoms with Crippen molar-refractivity contribution >= 4 is 11.9 Å². The summed E-state index contributed by atoms with van der Waals surface area (Å²) < 4.78 is 5.52. The maximum absolute atomic E-state index is 12.2. The number of hydrogen-bond acceptors (Lipinski definition) is 3. The van der Waals surface area contributed by atoms with Gasteiger partial charge in [0.05, 0.1) is 5.56 Å². The van der Waals surface area contributed by atoms with Crippen LogP contribution in [0.2, 0.25) is 0 Å². The molecule has 1 aromatic rings. The number of unbranched alkanes of at least 4 members (excludes halogenated alkanes) is 6. The van der Waals surface area contributed by atoms with Crippen molar-refractivity contribution in [3.8, 4) is 0 Å². The molecule has 0 aromatic heterocycles. The first-order valence-corrected chi connectivity index (χ1v) is 9.05. The van der Waals surface area contributed by atoms with E-state index in [1.165, 1.54) is 25.7 Å². The number of cyclic esters (lactones) is 1. The number of ether oxygens (including phenoxy) is 1. The van der Waals surface area contributed by atoms with Crippen molar-refractivity contribution in [1.82, 2.24) is 0 Å². The third-order valence-corrected chi connectivity index (χ3v) is 5.11. The highest BCUT2D eigenvalue weighted by Gasteiger charge is 2.50. The second-order valence-electron chi connectivity index (χ2n) is 6.86. The summed E-state index contributed by atoms with van der Waals surface area (Å²) in [7, 11) is 0. The average molecular weight is 332 g/mol. The van der Waals surface area contributed by atoms with Crippen LogP contribution in [0, 0.1) is 0 Å². The van der Waals surface area contributed by atoms with Crippen LogP contribution in [-0.2, 0) is 14.9 Å². The SMILES string of the molecule is CCCCCCCCCC1OC(=O)c2ccccc2C1(C)C(=O)O. The zero-order chi connectivity index (χ0) is 17.6. The minimum absolute atomic E-state index is 0.373. The molecule has 1 aromatic carbocycles. The molecule has 1 aliphatic heterocycles. The van der Waals surface area contributed by atoms with Gasteiger partial charge in [0.2, 0.25) is 0 Å². The molecule has 2 unspecified atom stereocenters. The van der Waals surface area contributed by atoms with Crippen LogP contribution >= 0.6 is 0 Å². The summed E-state index contributed by atoms with van der Waals surface area (Å²) in [5, 5.41) is 9.81. The van der Waals surface area contributed by atoms with E-state index < -0.39 is 23.5 Å². The molecule has 0 aliphatic carbocycles. The molecule has 0 bridgehead atoms. The lowest BCUT2D eigenvalue weighted by atomic mass is 9.72. The van der Waals surface area contributed by atoms with Crippen LogP contribution in [0.25, 0.3) is 0 Å². The van der Waals surface area contributed by atoms with Crippen molar-refractivity contribution in [2.75, 3.05) is 0 Å². The molecule has 0 radical (unpaired) electrons. The predicted molar refractivity (Wildman–Crippen MR) is 93.2 cm³/mol. The van der Waals surface area contributed by atoms with Crippen molar-refractivity contribution in [2.24, 2.45) is 0 Å². The van der Waals surface area contributed by atoms with Crippen molar-refractivity contribution < 1.29 is 19.4 Å². The number of fused-ring (bicyclic) bond motifs is 1. The summed E-state index contributed by atoms with van der Waals surface area (Å²) in [6.45, 7) is 3.87. The van der Waals surface area contributed by atoms with Gasteiger partial charge in [0.15, 0.2) is 0 Å². The van der Waals surface area contributed by atoms with Gasteiger partial charge >= 0.3 is 11.9 Å². The molecule has 132 valence electrons. The first-order chi connectivity index (χ1) is 11.5. The molecule has 0 spiro atoms. The topological polar surface area (TPSA) is 63.6 Å². The van der Waals surface area contributed by atoms with Gasteiger partial charge in [-0.25, -0.2) is 4.79 Å². The van der Waals surface area contributed by atoms with Gasteiger partial charge in [0, 0.05) is 0 Å². The van der Waals surface area contributed by atoms with E-state index in [4.69, 9.17) is 4.74 Å². The van der Waals surface area contributed by atoms with Gasteiger partial charge in [-0.05, 0) is 31.4 Å². The summed E-state index contributed by atoms with van der Waals surface area (Å²) >= 11 is 0. The number of benzene rings is 1. The van der Waals surface area contributed by atoms with Gasteiger partial charge in [-0.3, -0.25) is 4.79 Å². The fourth-order valence-electron chi connectivity index (χ4n) is 3.49. The van der Waals surface area contributed by atoms with Crippen molar-refractivity contribution in [3.63, 3.8) is 0 Å². The first-order valence-electron chi connectivity index (χ1n) is 9.05. The Hall–Kier alpha value is -1.84. The molecule has 0 amide bonds. The lowest BCUT2D eigenvalue weighted by Crippen LogP contribution is -2.50. The Bertz CT molecular complexity index is 581. The van der Waals surface area contributed by atoms with E-state index in [-0.39, 0.29) is 0 Å². The van der Waals surface area contributed by atoms with E-state index in [2.05, 4.69) is 6.92 Å². The number of hydrogen-bond donors (Lipinski definition) is 1. The second kappa shape index (κ2) is 8.32. The molecule has 4 nitrogen and oxygen atoms in total. The van der Waals surface area contributed by atoms with Crippen LogP contribution in [0.1, 0.15) is 81.1 Å². The minimum Gasteiger partial charge on any atom is -0.480 e. The van der Waals surface area contributed by atoms with Crippen LogP contribution in [0.5, 0.6) is 0 Å². The molecular weight excluding hydrogens is 304 g/mol. The predicted octanol–water partition coefficient (Wildman–Crippen LogP) is 4.71. The number of carboxylic acids is 1. The molecule has 2 atom stereocenters. The third kappa shape index (κ3) is 3.80. The number of aliphatic carboxylic acids is 1. The highest BCUT2D eigenvalue weighted by atomic mass is 16.5. The second-order valence-corrected chi connectivity index (χ2v) is 6.86. The Morgan fingerprint density at radius 1 is 1.12 bits per heavy atom. The summed E-state index contributed by atoms with van der Waals surface area (Å²) in [5.41, 5.74) is -0.230. The third-order valence-electron chi connectivity index (χ3n) is 5.11. The number of carbonyl (C=O) groups excluding carboxylic acids is 1. The maximum atomic E-state index is 12.2. The fourth-order valence-corrected chi connectivity index (χ4v) is 3.49. The Balaban J connectivity index is 2.02. The zero-order valence-electron chi connectivity index (χ0n) is 14.7. The van der Waals surface area contributed by atoms with Gasteiger partial charge in [-0.2, -0.15) is 0 Å². The lowest BCUT2D eigenvalue weighted by Gasteiger charge is -2.38. The minimum atomic E-state index is -1.17. The van der Waals surface area contributed by atoms with Crippen LogP contribution in [0.3, 0.4) is 0 Å². The van der Waals surface area contributed by atoms with Crippen molar-refractivity contribution in [3.05, 3.63) is 35.4 Å². The number of carboxylic acid groups (broad SMARTS) is 1. The van der Waals surface area contributed by atoms with Gasteiger partial charge in [-0.1, -0.05) is 63.6 Å². The van der Waals surface area contributed by atoms with Crippen LogP contribution in [0.15, 0.2) is 24.3 Å². The fraction of sp³-hybridized carbons (Fsp3) is 0.600. The summed E-state index contributed by atoms with van der Waals surface area (Å²) in [5.74, 6) is -1.34. The molecular formula is C20H28O4. The number of carbonyl (C=O) groups is 2. The van der Waals surface area contributed by atoms with Crippen LogP contribution in [-0.4, -0.2) is 23.1 Å². The standard InChI is InChI=1S/C20H28O4/c1-3-4-5-6-7-8-9-14-17-20(2,19(22)23)16-13-11-10-12-15(16)18(21)24-17/h10-13,17H,3-9,14H2,1-2H3,(H,22,23). The summed E-state index contributed by atoms with van der Waals surface area (Å²) in [6, 6.07) is 6.90. The Labute approximate surface area is 144 Å². The Morgan fingerprint density at radius 2 is 1.75 bits per heavy atom. The van der Waals surface area contributed by atoms with Crippen LogP contribution < -0.4 is 0 Å². The van der Waals surface area contributed by atoms with Crippen molar-refractivity contribution in [2.45, 2.75) is 76.7 Å². The van der Waals surface area contributed by atoms with E-state index >= 15 is 0 Å². The van der Waals surface area contributed by atoms with E-state index in [1.54, 1.807) is 31.2 Å².